The molecule has 21 heavy (non-hydrogen) atoms. The van der Waals surface area contributed by atoms with Gasteiger partial charge in [-0.3, -0.25) is 0 Å². The molecule has 0 N–H and O–H groups in total. The summed E-state index contributed by atoms with van der Waals surface area (Å²) in [7, 11) is 1.71. The van der Waals surface area contributed by atoms with Gasteiger partial charge in [0.25, 0.3) is 0 Å². The highest BCUT2D eigenvalue weighted by molar-refractivity contribution is 6.17. The lowest BCUT2D eigenvalue weighted by molar-refractivity contribution is 0.142. The van der Waals surface area contributed by atoms with Crippen LogP contribution in [0, 0.1) is 11.2 Å². The molecule has 3 nitrogen and oxygen atoms in total. The van der Waals surface area contributed by atoms with E-state index in [0.29, 0.717) is 18.9 Å². The molecule has 0 fully saturated rings. The lowest BCUT2D eigenvalue weighted by Crippen LogP contribution is -2.23. The molecule has 0 atom stereocenters. The summed E-state index contributed by atoms with van der Waals surface area (Å²) in [4.78, 5) is 4.59. The first-order valence-corrected chi connectivity index (χ1v) is 7.70. The number of imidazole rings is 1. The summed E-state index contributed by atoms with van der Waals surface area (Å²) in [5.74, 6) is 1.18. The summed E-state index contributed by atoms with van der Waals surface area (Å²) in [6, 6.07) is 4.72. The molecular weight excluding hydrogens is 291 g/mol. The van der Waals surface area contributed by atoms with Crippen molar-refractivity contribution in [3.8, 4) is 0 Å². The third kappa shape index (κ3) is 3.95. The van der Waals surface area contributed by atoms with E-state index in [1.807, 2.05) is 0 Å². The number of fused-ring (bicyclic) bond motifs is 1. The minimum atomic E-state index is -0.240. The van der Waals surface area contributed by atoms with Crippen molar-refractivity contribution >= 4 is 22.6 Å². The number of benzene rings is 1. The average molecular weight is 313 g/mol. The van der Waals surface area contributed by atoms with Gasteiger partial charge in [-0.2, -0.15) is 0 Å². The first-order chi connectivity index (χ1) is 9.96. The van der Waals surface area contributed by atoms with E-state index in [-0.39, 0.29) is 11.2 Å². The molecule has 0 aliphatic carbocycles. The maximum Gasteiger partial charge on any atom is 0.125 e. The van der Waals surface area contributed by atoms with E-state index in [9.17, 15) is 4.39 Å². The zero-order chi connectivity index (χ0) is 15.5. The molecule has 1 aromatic carbocycles. The number of aromatic nitrogens is 2. The van der Waals surface area contributed by atoms with Gasteiger partial charge in [0.15, 0.2) is 0 Å². The van der Waals surface area contributed by atoms with Gasteiger partial charge in [-0.15, -0.1) is 11.6 Å². The zero-order valence-corrected chi connectivity index (χ0v) is 13.6. The number of nitrogens with zero attached hydrogens (tertiary/aromatic N) is 2. The summed E-state index contributed by atoms with van der Waals surface area (Å²) in [5.41, 5.74) is 1.69. The van der Waals surface area contributed by atoms with Crippen molar-refractivity contribution in [2.24, 2.45) is 5.41 Å². The van der Waals surface area contributed by atoms with Crippen molar-refractivity contribution < 1.29 is 9.13 Å². The second kappa shape index (κ2) is 6.75. The van der Waals surface area contributed by atoms with Gasteiger partial charge in [-0.1, -0.05) is 13.8 Å². The van der Waals surface area contributed by atoms with Gasteiger partial charge in [0.1, 0.15) is 11.6 Å². The van der Waals surface area contributed by atoms with Crippen LogP contribution in [0.25, 0.3) is 11.0 Å². The maximum atomic E-state index is 13.6. The Morgan fingerprint density at radius 1 is 1.38 bits per heavy atom. The monoisotopic (exact) mass is 312 g/mol. The maximum absolute atomic E-state index is 13.6. The smallest absolute Gasteiger partial charge is 0.125 e. The molecule has 0 amide bonds. The van der Waals surface area contributed by atoms with E-state index >= 15 is 0 Å². The first-order valence-electron chi connectivity index (χ1n) is 7.16. The van der Waals surface area contributed by atoms with Gasteiger partial charge < -0.3 is 9.30 Å². The molecule has 1 heterocycles. The number of ether oxygens (including phenoxy) is 1. The number of methoxy groups -OCH3 is 1. The molecule has 2 aromatic rings. The molecule has 0 radical (unpaired) electrons. The van der Waals surface area contributed by atoms with Crippen LogP contribution in [0.3, 0.4) is 0 Å². The Hall–Kier alpha value is -1.13. The Balaban J connectivity index is 2.39. The van der Waals surface area contributed by atoms with Crippen LogP contribution in [-0.2, 0) is 17.7 Å². The molecule has 0 spiro atoms. The molecule has 0 saturated carbocycles. The fourth-order valence-electron chi connectivity index (χ4n) is 2.48. The quantitative estimate of drug-likeness (QED) is 0.722. The van der Waals surface area contributed by atoms with E-state index in [2.05, 4.69) is 23.4 Å². The lowest BCUT2D eigenvalue weighted by Gasteiger charge is -2.26. The van der Waals surface area contributed by atoms with Gasteiger partial charge in [0.05, 0.1) is 11.0 Å². The van der Waals surface area contributed by atoms with E-state index in [4.69, 9.17) is 16.3 Å². The SMILES string of the molecule is COCCC(C)(C)Cn1c(CCCl)nc2ccc(F)cc21. The lowest BCUT2D eigenvalue weighted by atomic mass is 9.89. The van der Waals surface area contributed by atoms with E-state index in [0.717, 1.165) is 29.8 Å². The van der Waals surface area contributed by atoms with Gasteiger partial charge in [0.2, 0.25) is 0 Å². The van der Waals surface area contributed by atoms with Crippen molar-refractivity contribution in [3.63, 3.8) is 0 Å². The van der Waals surface area contributed by atoms with Crippen molar-refractivity contribution in [1.82, 2.24) is 9.55 Å². The van der Waals surface area contributed by atoms with Crippen LogP contribution < -0.4 is 0 Å². The minimum absolute atomic E-state index is 0.0387. The molecular formula is C16H22ClFN2O. The third-order valence-corrected chi connectivity index (χ3v) is 3.87. The molecule has 5 heteroatoms. The number of hydrogen-bond acceptors (Lipinski definition) is 2. The highest BCUT2D eigenvalue weighted by Crippen LogP contribution is 2.27. The number of halogens is 2. The van der Waals surface area contributed by atoms with E-state index in [1.54, 1.807) is 19.2 Å². The summed E-state index contributed by atoms with van der Waals surface area (Å²) in [6.07, 6.45) is 1.61. The Morgan fingerprint density at radius 3 is 2.81 bits per heavy atom. The molecule has 0 saturated heterocycles. The van der Waals surface area contributed by atoms with Crippen LogP contribution in [-0.4, -0.2) is 29.1 Å². The molecule has 0 aliphatic heterocycles. The van der Waals surface area contributed by atoms with Crippen molar-refractivity contribution in [3.05, 3.63) is 29.8 Å². The van der Waals surface area contributed by atoms with Crippen molar-refractivity contribution in [1.29, 1.82) is 0 Å². The topological polar surface area (TPSA) is 27.1 Å². The standard InChI is InChI=1S/C16H22ClFN2O/c1-16(2,7-9-21-3)11-20-14-10-12(18)4-5-13(14)19-15(20)6-8-17/h4-5,10H,6-9,11H2,1-3H3. The van der Waals surface area contributed by atoms with Crippen LogP contribution in [0.4, 0.5) is 4.39 Å². The predicted octanol–water partition coefficient (Wildman–Crippen LogP) is 4.02. The fraction of sp³-hybridized carbons (Fsp3) is 0.562. The fourth-order valence-corrected chi connectivity index (χ4v) is 2.65. The highest BCUT2D eigenvalue weighted by Gasteiger charge is 2.22. The Morgan fingerprint density at radius 2 is 2.14 bits per heavy atom. The largest absolute Gasteiger partial charge is 0.385 e. The van der Waals surface area contributed by atoms with Crippen molar-refractivity contribution in [2.45, 2.75) is 33.2 Å². The summed E-state index contributed by atoms with van der Waals surface area (Å²) in [6.45, 7) is 5.84. The zero-order valence-electron chi connectivity index (χ0n) is 12.8. The van der Waals surface area contributed by atoms with Crippen LogP contribution in [0.2, 0.25) is 0 Å². The minimum Gasteiger partial charge on any atom is -0.385 e. The van der Waals surface area contributed by atoms with Gasteiger partial charge >= 0.3 is 0 Å². The predicted molar refractivity (Wildman–Crippen MR) is 84.4 cm³/mol. The molecule has 0 aliphatic rings. The summed E-state index contributed by atoms with van der Waals surface area (Å²) < 4.78 is 20.8. The van der Waals surface area contributed by atoms with E-state index < -0.39 is 0 Å². The molecule has 0 unspecified atom stereocenters. The molecule has 1 aromatic heterocycles. The van der Waals surface area contributed by atoms with Gasteiger partial charge in [-0.25, -0.2) is 9.37 Å². The van der Waals surface area contributed by atoms with Gasteiger partial charge in [-0.05, 0) is 30.0 Å². The van der Waals surface area contributed by atoms with Crippen LogP contribution in [0.5, 0.6) is 0 Å². The second-order valence-electron chi connectivity index (χ2n) is 6.09. The van der Waals surface area contributed by atoms with Crippen molar-refractivity contribution in [2.75, 3.05) is 19.6 Å². The Bertz CT molecular complexity index is 610. The number of aryl methyl sites for hydroxylation is 1. The Kier molecular flexibility index (Phi) is 5.22. The summed E-state index contributed by atoms with van der Waals surface area (Å²) in [5, 5.41) is 0. The van der Waals surface area contributed by atoms with Crippen LogP contribution in [0.1, 0.15) is 26.1 Å². The van der Waals surface area contributed by atoms with Gasteiger partial charge in [0, 0.05) is 32.6 Å². The third-order valence-electron chi connectivity index (χ3n) is 3.68. The first kappa shape index (κ1) is 16.2. The number of alkyl halides is 1. The molecule has 2 rings (SSSR count). The average Bonchev–Trinajstić information content (AvgIpc) is 2.74. The molecule has 0 bridgehead atoms. The molecule has 116 valence electrons. The van der Waals surface area contributed by atoms with Crippen LogP contribution >= 0.6 is 11.6 Å². The normalized spacial score (nSPS) is 12.2. The number of rotatable bonds is 7. The van der Waals surface area contributed by atoms with E-state index in [1.165, 1.54) is 6.07 Å². The summed E-state index contributed by atoms with van der Waals surface area (Å²) >= 11 is 5.87. The Labute approximate surface area is 130 Å². The van der Waals surface area contributed by atoms with Crippen LogP contribution in [0.15, 0.2) is 18.2 Å². The highest BCUT2D eigenvalue weighted by atomic mass is 35.5. The second-order valence-corrected chi connectivity index (χ2v) is 6.47. The number of hydrogen-bond donors (Lipinski definition) is 0.